The van der Waals surface area contributed by atoms with E-state index in [9.17, 15) is 4.79 Å². The Labute approximate surface area is 113 Å². The molecule has 0 amide bonds. The van der Waals surface area contributed by atoms with Crippen molar-refractivity contribution >= 4 is 28.9 Å². The number of nitrogens with one attached hydrogen (secondary N) is 1. The monoisotopic (exact) mass is 282 g/mol. The van der Waals surface area contributed by atoms with Crippen LogP contribution in [0.25, 0.3) is 0 Å². The van der Waals surface area contributed by atoms with E-state index in [4.69, 9.17) is 16.7 Å². The van der Waals surface area contributed by atoms with E-state index in [0.29, 0.717) is 13.1 Å². The smallest absolute Gasteiger partial charge is 0.365 e. The molecule has 0 radical (unpaired) electrons. The zero-order valence-electron chi connectivity index (χ0n) is 9.39. The Morgan fingerprint density at radius 2 is 2.17 bits per heavy atom. The van der Waals surface area contributed by atoms with E-state index in [1.165, 1.54) is 0 Å². The maximum atomic E-state index is 10.7. The molecule has 6 heteroatoms. The molecule has 0 spiro atoms. The fourth-order valence-corrected chi connectivity index (χ4v) is 2.31. The number of aromatic carboxylic acids is 1. The molecule has 18 heavy (non-hydrogen) atoms. The molecule has 0 atom stereocenters. The Morgan fingerprint density at radius 3 is 2.83 bits per heavy atom. The molecule has 1 aromatic carbocycles. The van der Waals surface area contributed by atoms with Gasteiger partial charge in [0.25, 0.3) is 0 Å². The number of carboxylic acid groups (broad SMARTS) is 1. The molecule has 0 unspecified atom stereocenters. The summed E-state index contributed by atoms with van der Waals surface area (Å²) in [6.07, 6.45) is 0. The third-order valence-electron chi connectivity index (χ3n) is 2.31. The maximum absolute atomic E-state index is 10.7. The van der Waals surface area contributed by atoms with Gasteiger partial charge in [-0.2, -0.15) is 0 Å². The highest BCUT2D eigenvalue weighted by Crippen LogP contribution is 2.15. The van der Waals surface area contributed by atoms with Crippen LogP contribution in [0.2, 0.25) is 5.02 Å². The van der Waals surface area contributed by atoms with E-state index in [2.05, 4.69) is 10.3 Å². The number of aromatic nitrogens is 1. The summed E-state index contributed by atoms with van der Waals surface area (Å²) in [7, 11) is 0. The normalized spacial score (nSPS) is 10.5. The Bertz CT molecular complexity index is 557. The molecule has 2 aromatic rings. The van der Waals surface area contributed by atoms with Gasteiger partial charge >= 0.3 is 5.97 Å². The van der Waals surface area contributed by atoms with Crippen LogP contribution in [0.15, 0.2) is 29.6 Å². The number of nitrogens with zero attached hydrogens (tertiary/aromatic N) is 1. The average Bonchev–Trinajstić information content (AvgIpc) is 2.80. The molecule has 0 bridgehead atoms. The van der Waals surface area contributed by atoms with Crippen molar-refractivity contribution in [3.8, 4) is 0 Å². The van der Waals surface area contributed by atoms with Crippen LogP contribution in [0.1, 0.15) is 21.1 Å². The van der Waals surface area contributed by atoms with Gasteiger partial charge in [0.05, 0.1) is 5.69 Å². The summed E-state index contributed by atoms with van der Waals surface area (Å²) < 4.78 is 0. The number of thiazole rings is 1. The second-order valence-corrected chi connectivity index (χ2v) is 4.91. The molecule has 2 N–H and O–H groups in total. The second-order valence-electron chi connectivity index (χ2n) is 3.64. The third-order valence-corrected chi connectivity index (χ3v) is 3.56. The summed E-state index contributed by atoms with van der Waals surface area (Å²) in [6.45, 7) is 1.15. The minimum Gasteiger partial charge on any atom is -0.476 e. The first-order chi connectivity index (χ1) is 8.66. The van der Waals surface area contributed by atoms with E-state index in [1.54, 1.807) is 5.38 Å². The predicted molar refractivity (Wildman–Crippen MR) is 71.1 cm³/mol. The summed E-state index contributed by atoms with van der Waals surface area (Å²) in [5.74, 6) is -0.989. The van der Waals surface area contributed by atoms with Crippen LogP contribution >= 0.6 is 22.9 Å². The molecule has 94 valence electrons. The number of halogens is 1. The van der Waals surface area contributed by atoms with Crippen LogP contribution in [0, 0.1) is 0 Å². The predicted octanol–water partition coefficient (Wildman–Crippen LogP) is 2.78. The fraction of sp³-hybridized carbons (Fsp3) is 0.167. The lowest BCUT2D eigenvalue weighted by molar-refractivity contribution is 0.0696. The zero-order valence-corrected chi connectivity index (χ0v) is 11.0. The first-order valence-electron chi connectivity index (χ1n) is 5.28. The molecule has 0 saturated carbocycles. The minimum atomic E-state index is -0.989. The number of hydrogen-bond acceptors (Lipinski definition) is 4. The fourth-order valence-electron chi connectivity index (χ4n) is 1.45. The van der Waals surface area contributed by atoms with Crippen molar-refractivity contribution in [3.63, 3.8) is 0 Å². The van der Waals surface area contributed by atoms with E-state index in [-0.39, 0.29) is 5.01 Å². The van der Waals surface area contributed by atoms with Crippen molar-refractivity contribution in [1.29, 1.82) is 0 Å². The number of benzene rings is 1. The summed E-state index contributed by atoms with van der Waals surface area (Å²) in [5, 5.41) is 14.5. The van der Waals surface area contributed by atoms with Crippen LogP contribution in [0.4, 0.5) is 0 Å². The Balaban J connectivity index is 1.88. The number of carboxylic acids is 1. The standard InChI is InChI=1S/C12H11ClN2O2S/c13-10-4-2-1-3-8(10)5-14-6-9-7-18-11(15-9)12(16)17/h1-4,7,14H,5-6H2,(H,16,17). The van der Waals surface area contributed by atoms with Crippen LogP contribution in [0.3, 0.4) is 0 Å². The van der Waals surface area contributed by atoms with E-state index in [1.807, 2.05) is 24.3 Å². The molecule has 0 aliphatic heterocycles. The molecular formula is C12H11ClN2O2S. The number of rotatable bonds is 5. The SMILES string of the molecule is O=C(O)c1nc(CNCc2ccccc2Cl)cs1. The highest BCUT2D eigenvalue weighted by atomic mass is 35.5. The Hall–Kier alpha value is -1.43. The van der Waals surface area contributed by atoms with Gasteiger partial charge in [-0.15, -0.1) is 11.3 Å². The van der Waals surface area contributed by atoms with Gasteiger partial charge in [-0.05, 0) is 11.6 Å². The van der Waals surface area contributed by atoms with Crippen LogP contribution < -0.4 is 5.32 Å². The minimum absolute atomic E-state index is 0.115. The average molecular weight is 283 g/mol. The van der Waals surface area contributed by atoms with Crippen LogP contribution in [-0.2, 0) is 13.1 Å². The molecule has 1 heterocycles. The van der Waals surface area contributed by atoms with Gasteiger partial charge < -0.3 is 10.4 Å². The van der Waals surface area contributed by atoms with Crippen molar-refractivity contribution in [3.05, 3.63) is 50.9 Å². The lowest BCUT2D eigenvalue weighted by Gasteiger charge is -2.04. The van der Waals surface area contributed by atoms with E-state index < -0.39 is 5.97 Å². The van der Waals surface area contributed by atoms with Crippen molar-refractivity contribution in [2.75, 3.05) is 0 Å². The number of carbonyl (C=O) groups is 1. The van der Waals surface area contributed by atoms with Gasteiger partial charge in [-0.1, -0.05) is 29.8 Å². The lowest BCUT2D eigenvalue weighted by Crippen LogP contribution is -2.13. The molecule has 0 aliphatic carbocycles. The van der Waals surface area contributed by atoms with Crippen molar-refractivity contribution < 1.29 is 9.90 Å². The lowest BCUT2D eigenvalue weighted by atomic mass is 10.2. The van der Waals surface area contributed by atoms with Gasteiger partial charge in [0.15, 0.2) is 0 Å². The Morgan fingerprint density at radius 1 is 1.39 bits per heavy atom. The molecule has 0 fully saturated rings. The van der Waals surface area contributed by atoms with Crippen LogP contribution in [0.5, 0.6) is 0 Å². The molecule has 2 rings (SSSR count). The second kappa shape index (κ2) is 5.95. The summed E-state index contributed by atoms with van der Waals surface area (Å²) >= 11 is 7.15. The van der Waals surface area contributed by atoms with Crippen LogP contribution in [-0.4, -0.2) is 16.1 Å². The Kier molecular flexibility index (Phi) is 4.30. The topological polar surface area (TPSA) is 62.2 Å². The van der Waals surface area contributed by atoms with Gasteiger partial charge in [-0.3, -0.25) is 0 Å². The summed E-state index contributed by atoms with van der Waals surface area (Å²) in [4.78, 5) is 14.7. The van der Waals surface area contributed by atoms with Gasteiger partial charge in [0.1, 0.15) is 0 Å². The molecule has 4 nitrogen and oxygen atoms in total. The van der Waals surface area contributed by atoms with Gasteiger partial charge in [0, 0.05) is 23.5 Å². The zero-order chi connectivity index (χ0) is 13.0. The largest absolute Gasteiger partial charge is 0.476 e. The van der Waals surface area contributed by atoms with Gasteiger partial charge in [-0.25, -0.2) is 9.78 Å². The first kappa shape index (κ1) is 13.0. The van der Waals surface area contributed by atoms with E-state index in [0.717, 1.165) is 27.6 Å². The molecule has 0 aliphatic rings. The maximum Gasteiger partial charge on any atom is 0.365 e. The highest BCUT2D eigenvalue weighted by molar-refractivity contribution is 7.11. The third kappa shape index (κ3) is 3.29. The van der Waals surface area contributed by atoms with Crippen molar-refractivity contribution in [2.45, 2.75) is 13.1 Å². The van der Waals surface area contributed by atoms with Crippen molar-refractivity contribution in [1.82, 2.24) is 10.3 Å². The number of hydrogen-bond donors (Lipinski definition) is 2. The molecule has 0 saturated heterocycles. The quantitative estimate of drug-likeness (QED) is 0.885. The van der Waals surface area contributed by atoms with Crippen molar-refractivity contribution in [2.24, 2.45) is 0 Å². The van der Waals surface area contributed by atoms with Gasteiger partial charge in [0.2, 0.25) is 5.01 Å². The van der Waals surface area contributed by atoms with E-state index >= 15 is 0 Å². The molecular weight excluding hydrogens is 272 g/mol. The molecule has 1 aromatic heterocycles. The summed E-state index contributed by atoms with van der Waals surface area (Å²) in [6, 6.07) is 7.59. The first-order valence-corrected chi connectivity index (χ1v) is 6.54. The summed E-state index contributed by atoms with van der Waals surface area (Å²) in [5.41, 5.74) is 1.73. The highest BCUT2D eigenvalue weighted by Gasteiger charge is 2.08.